The van der Waals surface area contributed by atoms with E-state index in [4.69, 9.17) is 4.74 Å². The number of fused-ring (bicyclic) bond motifs is 3. The summed E-state index contributed by atoms with van der Waals surface area (Å²) in [5, 5.41) is 10.3. The highest BCUT2D eigenvalue weighted by Crippen LogP contribution is 2.27. The van der Waals surface area contributed by atoms with Crippen molar-refractivity contribution in [1.82, 2.24) is 20.2 Å². The summed E-state index contributed by atoms with van der Waals surface area (Å²) in [7, 11) is 0. The molecule has 2 aromatic heterocycles. The van der Waals surface area contributed by atoms with Gasteiger partial charge >= 0.3 is 0 Å². The van der Waals surface area contributed by atoms with Crippen LogP contribution in [0.2, 0.25) is 0 Å². The van der Waals surface area contributed by atoms with E-state index in [0.717, 1.165) is 39.1 Å². The molecule has 0 aliphatic carbocycles. The number of para-hydroxylation sites is 2. The lowest BCUT2D eigenvalue weighted by Gasteiger charge is -2.08. The number of hydrogen-bond acceptors (Lipinski definition) is 5. The van der Waals surface area contributed by atoms with Crippen LogP contribution < -0.4 is 4.74 Å². The van der Waals surface area contributed by atoms with Crippen LogP contribution in [0.3, 0.4) is 0 Å². The minimum absolute atomic E-state index is 0.653. The predicted octanol–water partition coefficient (Wildman–Crippen LogP) is 4.20. The molecule has 6 heteroatoms. The molecule has 2 heterocycles. The van der Waals surface area contributed by atoms with Crippen molar-refractivity contribution in [3.8, 4) is 5.75 Å². The topological polar surface area (TPSA) is 63.7 Å². The van der Waals surface area contributed by atoms with Crippen LogP contribution in [0.4, 0.5) is 0 Å². The molecular formula is C18H16N4OS. The molecule has 0 saturated heterocycles. The van der Waals surface area contributed by atoms with Crippen molar-refractivity contribution < 1.29 is 4.74 Å². The van der Waals surface area contributed by atoms with Gasteiger partial charge in [0, 0.05) is 22.2 Å². The zero-order valence-electron chi connectivity index (χ0n) is 13.2. The molecular weight excluding hydrogens is 320 g/mol. The summed E-state index contributed by atoms with van der Waals surface area (Å²) in [4.78, 5) is 7.89. The smallest absolute Gasteiger partial charge is 0.211 e. The largest absolute Gasteiger partial charge is 0.494 e. The molecule has 0 radical (unpaired) electrons. The summed E-state index contributed by atoms with van der Waals surface area (Å²) >= 11 is 1.55. The maximum absolute atomic E-state index is 5.66. The molecule has 1 N–H and O–H groups in total. The second-order valence-electron chi connectivity index (χ2n) is 5.29. The summed E-state index contributed by atoms with van der Waals surface area (Å²) in [6.45, 7) is 2.64. The zero-order valence-corrected chi connectivity index (χ0v) is 14.0. The van der Waals surface area contributed by atoms with Crippen molar-refractivity contribution >= 4 is 33.8 Å². The second kappa shape index (κ2) is 6.49. The summed E-state index contributed by atoms with van der Waals surface area (Å²) in [5.74, 6) is 1.65. The van der Waals surface area contributed by atoms with Crippen LogP contribution in [0.15, 0.2) is 53.7 Å². The highest BCUT2D eigenvalue weighted by atomic mass is 32.2. The van der Waals surface area contributed by atoms with Gasteiger partial charge in [-0.2, -0.15) is 0 Å². The highest BCUT2D eigenvalue weighted by Gasteiger charge is 2.10. The fourth-order valence-corrected chi connectivity index (χ4v) is 3.41. The average molecular weight is 336 g/mol. The number of H-pyrrole nitrogens is 1. The van der Waals surface area contributed by atoms with E-state index < -0.39 is 0 Å². The molecule has 0 spiro atoms. The Morgan fingerprint density at radius 1 is 1.04 bits per heavy atom. The van der Waals surface area contributed by atoms with Crippen LogP contribution in [0.25, 0.3) is 22.1 Å². The van der Waals surface area contributed by atoms with Gasteiger partial charge in [0.25, 0.3) is 0 Å². The van der Waals surface area contributed by atoms with Gasteiger partial charge in [-0.1, -0.05) is 48.2 Å². The van der Waals surface area contributed by atoms with Gasteiger partial charge in [-0.3, -0.25) is 0 Å². The molecule has 0 atom stereocenters. The third-order valence-electron chi connectivity index (χ3n) is 3.73. The Morgan fingerprint density at radius 3 is 2.79 bits per heavy atom. The SMILES string of the molecule is CCOc1ccccc1CSc1nnc2c(n1)[nH]c1ccccc12. The van der Waals surface area contributed by atoms with E-state index in [2.05, 4.69) is 26.2 Å². The van der Waals surface area contributed by atoms with E-state index in [1.165, 1.54) is 0 Å². The number of hydrogen-bond donors (Lipinski definition) is 1. The third-order valence-corrected chi connectivity index (χ3v) is 4.62. The number of benzene rings is 2. The first-order chi connectivity index (χ1) is 11.8. The van der Waals surface area contributed by atoms with Gasteiger partial charge in [0.1, 0.15) is 11.3 Å². The Labute approximate surface area is 143 Å². The molecule has 0 fully saturated rings. The number of ether oxygens (including phenoxy) is 1. The summed E-state index contributed by atoms with van der Waals surface area (Å²) in [6, 6.07) is 16.1. The quantitative estimate of drug-likeness (QED) is 0.553. The van der Waals surface area contributed by atoms with Crippen molar-refractivity contribution in [2.75, 3.05) is 6.61 Å². The second-order valence-corrected chi connectivity index (χ2v) is 6.23. The highest BCUT2D eigenvalue weighted by molar-refractivity contribution is 7.98. The number of thioether (sulfide) groups is 1. The van der Waals surface area contributed by atoms with Crippen LogP contribution in [0.1, 0.15) is 12.5 Å². The summed E-state index contributed by atoms with van der Waals surface area (Å²) in [5.41, 5.74) is 3.74. The molecule has 0 bridgehead atoms. The first-order valence-corrected chi connectivity index (χ1v) is 8.78. The Bertz CT molecular complexity index is 999. The van der Waals surface area contributed by atoms with Crippen LogP contribution in [0, 0.1) is 0 Å². The van der Waals surface area contributed by atoms with Gasteiger partial charge < -0.3 is 9.72 Å². The Morgan fingerprint density at radius 2 is 1.88 bits per heavy atom. The normalized spacial score (nSPS) is 11.2. The molecule has 0 aliphatic rings. The van der Waals surface area contributed by atoms with E-state index in [1.807, 2.05) is 49.4 Å². The Hall–Kier alpha value is -2.60. The lowest BCUT2D eigenvalue weighted by molar-refractivity contribution is 0.337. The minimum Gasteiger partial charge on any atom is -0.494 e. The van der Waals surface area contributed by atoms with Gasteiger partial charge in [0.05, 0.1) is 6.61 Å². The van der Waals surface area contributed by atoms with Gasteiger partial charge in [0.15, 0.2) is 5.65 Å². The minimum atomic E-state index is 0.653. The number of aromatic nitrogens is 4. The molecule has 2 aromatic carbocycles. The fraction of sp³-hybridized carbons (Fsp3) is 0.167. The molecule has 5 nitrogen and oxygen atoms in total. The van der Waals surface area contributed by atoms with E-state index in [0.29, 0.717) is 11.8 Å². The lowest BCUT2D eigenvalue weighted by atomic mass is 10.2. The van der Waals surface area contributed by atoms with Crippen molar-refractivity contribution in [2.45, 2.75) is 17.8 Å². The van der Waals surface area contributed by atoms with Crippen LogP contribution in [-0.2, 0) is 5.75 Å². The fourth-order valence-electron chi connectivity index (χ4n) is 2.63. The first kappa shape index (κ1) is 15.0. The predicted molar refractivity (Wildman–Crippen MR) is 96.4 cm³/mol. The van der Waals surface area contributed by atoms with Crippen LogP contribution >= 0.6 is 11.8 Å². The average Bonchev–Trinajstić information content (AvgIpc) is 2.99. The molecule has 0 aliphatic heterocycles. The number of rotatable bonds is 5. The molecule has 0 unspecified atom stereocenters. The van der Waals surface area contributed by atoms with Gasteiger partial charge in [0.2, 0.25) is 5.16 Å². The Balaban J connectivity index is 1.60. The standard InChI is InChI=1S/C18H16N4OS/c1-2-23-15-10-6-3-7-12(15)11-24-18-20-17-16(21-22-18)13-8-4-5-9-14(13)19-17/h3-10H,2,11H2,1H3,(H,19,20,22). The van der Waals surface area contributed by atoms with Crippen molar-refractivity contribution in [2.24, 2.45) is 0 Å². The van der Waals surface area contributed by atoms with Crippen molar-refractivity contribution in [1.29, 1.82) is 0 Å². The van der Waals surface area contributed by atoms with Crippen molar-refractivity contribution in [3.05, 3.63) is 54.1 Å². The van der Waals surface area contributed by atoms with Crippen LogP contribution in [-0.4, -0.2) is 26.8 Å². The number of nitrogens with one attached hydrogen (secondary N) is 1. The maximum atomic E-state index is 5.66. The summed E-state index contributed by atoms with van der Waals surface area (Å²) < 4.78 is 5.66. The lowest BCUT2D eigenvalue weighted by Crippen LogP contribution is -1.96. The van der Waals surface area contributed by atoms with E-state index in [-0.39, 0.29) is 0 Å². The molecule has 24 heavy (non-hydrogen) atoms. The molecule has 0 saturated carbocycles. The van der Waals surface area contributed by atoms with Gasteiger partial charge in [-0.25, -0.2) is 4.98 Å². The third kappa shape index (κ3) is 2.80. The van der Waals surface area contributed by atoms with Gasteiger partial charge in [-0.05, 0) is 19.1 Å². The van der Waals surface area contributed by atoms with Gasteiger partial charge in [-0.15, -0.1) is 10.2 Å². The maximum Gasteiger partial charge on any atom is 0.211 e. The summed E-state index contributed by atoms with van der Waals surface area (Å²) in [6.07, 6.45) is 0. The monoisotopic (exact) mass is 336 g/mol. The Kier molecular flexibility index (Phi) is 4.04. The number of nitrogens with zero attached hydrogens (tertiary/aromatic N) is 3. The number of aromatic amines is 1. The first-order valence-electron chi connectivity index (χ1n) is 7.80. The van der Waals surface area contributed by atoms with E-state index >= 15 is 0 Å². The van der Waals surface area contributed by atoms with E-state index in [1.54, 1.807) is 11.8 Å². The van der Waals surface area contributed by atoms with Crippen molar-refractivity contribution in [3.63, 3.8) is 0 Å². The van der Waals surface area contributed by atoms with Crippen LogP contribution in [0.5, 0.6) is 5.75 Å². The molecule has 0 amide bonds. The molecule has 120 valence electrons. The molecule has 4 aromatic rings. The van der Waals surface area contributed by atoms with E-state index in [9.17, 15) is 0 Å². The zero-order chi connectivity index (χ0) is 16.4. The molecule has 4 rings (SSSR count).